The molecule has 1 rings (SSSR count). The molecule has 1 unspecified atom stereocenters. The molecule has 0 heterocycles. The molecule has 0 spiro atoms. The maximum atomic E-state index is 11.8. The molecule has 19 heavy (non-hydrogen) atoms. The molecule has 0 aliphatic carbocycles. The van der Waals surface area contributed by atoms with Crippen molar-refractivity contribution in [2.24, 2.45) is 0 Å². The van der Waals surface area contributed by atoms with Crippen molar-refractivity contribution in [1.82, 2.24) is 4.90 Å². The second-order valence-electron chi connectivity index (χ2n) is 4.58. The number of likely N-dealkylation sites (N-methyl/N-ethyl adjacent to an activating group) is 1. The van der Waals surface area contributed by atoms with Crippen molar-refractivity contribution < 1.29 is 14.6 Å². The van der Waals surface area contributed by atoms with Crippen molar-refractivity contribution >= 4 is 12.0 Å². The third-order valence-corrected chi connectivity index (χ3v) is 2.68. The fraction of sp³-hybridized carbons (Fsp3) is 0.400. The average Bonchev–Trinajstić information content (AvgIpc) is 2.36. The maximum absolute atomic E-state index is 11.8. The minimum Gasteiger partial charge on any atom is -0.389 e. The van der Waals surface area contributed by atoms with Crippen LogP contribution in [0.4, 0.5) is 0 Å². The van der Waals surface area contributed by atoms with Gasteiger partial charge in [-0.1, -0.05) is 29.8 Å². The summed E-state index contributed by atoms with van der Waals surface area (Å²) in [6.45, 7) is 2.48. The van der Waals surface area contributed by atoms with Gasteiger partial charge in [-0.05, 0) is 18.6 Å². The summed E-state index contributed by atoms with van der Waals surface area (Å²) in [7, 11) is 3.17. The fourth-order valence-electron chi connectivity index (χ4n) is 1.72. The SMILES string of the molecule is COCC(O)CN(C)C(=O)/C=C/c1cccc(C)c1. The van der Waals surface area contributed by atoms with Crippen LogP contribution in [0.3, 0.4) is 0 Å². The van der Waals surface area contributed by atoms with E-state index >= 15 is 0 Å². The summed E-state index contributed by atoms with van der Waals surface area (Å²) in [5.41, 5.74) is 2.14. The van der Waals surface area contributed by atoms with Gasteiger partial charge in [0, 0.05) is 26.8 Å². The van der Waals surface area contributed by atoms with Crippen LogP contribution in [-0.4, -0.2) is 49.3 Å². The number of nitrogens with zero attached hydrogens (tertiary/aromatic N) is 1. The molecule has 1 aromatic rings. The lowest BCUT2D eigenvalue weighted by atomic mass is 10.1. The number of rotatable bonds is 6. The van der Waals surface area contributed by atoms with Gasteiger partial charge < -0.3 is 14.7 Å². The van der Waals surface area contributed by atoms with Gasteiger partial charge in [-0.15, -0.1) is 0 Å². The smallest absolute Gasteiger partial charge is 0.246 e. The molecule has 4 heteroatoms. The Kier molecular flexibility index (Phi) is 6.25. The summed E-state index contributed by atoms with van der Waals surface area (Å²) in [5, 5.41) is 9.55. The number of ether oxygens (including phenoxy) is 1. The van der Waals surface area contributed by atoms with E-state index < -0.39 is 6.10 Å². The van der Waals surface area contributed by atoms with E-state index in [2.05, 4.69) is 0 Å². The third kappa shape index (κ3) is 5.68. The number of aryl methyl sites for hydroxylation is 1. The number of aliphatic hydroxyl groups excluding tert-OH is 1. The highest BCUT2D eigenvalue weighted by molar-refractivity contribution is 5.91. The van der Waals surface area contributed by atoms with E-state index in [0.29, 0.717) is 0 Å². The van der Waals surface area contributed by atoms with E-state index in [1.807, 2.05) is 31.2 Å². The Morgan fingerprint density at radius 2 is 2.26 bits per heavy atom. The molecule has 0 saturated heterocycles. The minimum atomic E-state index is -0.661. The molecular formula is C15H21NO3. The van der Waals surface area contributed by atoms with E-state index in [0.717, 1.165) is 11.1 Å². The number of methoxy groups -OCH3 is 1. The Hall–Kier alpha value is -1.65. The van der Waals surface area contributed by atoms with Gasteiger partial charge >= 0.3 is 0 Å². The van der Waals surface area contributed by atoms with E-state index in [9.17, 15) is 9.90 Å². The highest BCUT2D eigenvalue weighted by atomic mass is 16.5. The molecule has 1 atom stereocenters. The summed E-state index contributed by atoms with van der Waals surface area (Å²) < 4.78 is 4.82. The first kappa shape index (κ1) is 15.4. The van der Waals surface area contributed by atoms with Gasteiger partial charge in [0.05, 0.1) is 12.7 Å². The van der Waals surface area contributed by atoms with E-state index in [4.69, 9.17) is 4.74 Å². The predicted molar refractivity (Wildman–Crippen MR) is 75.7 cm³/mol. The van der Waals surface area contributed by atoms with Gasteiger partial charge in [-0.2, -0.15) is 0 Å². The highest BCUT2D eigenvalue weighted by Crippen LogP contribution is 2.06. The normalized spacial score (nSPS) is 12.6. The number of aliphatic hydroxyl groups is 1. The third-order valence-electron chi connectivity index (χ3n) is 2.68. The van der Waals surface area contributed by atoms with Crippen LogP contribution in [0.15, 0.2) is 30.3 Å². The summed E-state index contributed by atoms with van der Waals surface area (Å²) in [6.07, 6.45) is 2.62. The van der Waals surface area contributed by atoms with Crippen LogP contribution >= 0.6 is 0 Å². The quantitative estimate of drug-likeness (QED) is 0.791. The zero-order valence-electron chi connectivity index (χ0n) is 11.7. The first-order chi connectivity index (χ1) is 9.02. The van der Waals surface area contributed by atoms with Crippen molar-refractivity contribution in [3.63, 3.8) is 0 Å². The monoisotopic (exact) mass is 263 g/mol. The Labute approximate surface area is 114 Å². The van der Waals surface area contributed by atoms with Gasteiger partial charge in [0.15, 0.2) is 0 Å². The summed E-state index contributed by atoms with van der Waals surface area (Å²) >= 11 is 0. The van der Waals surface area contributed by atoms with Crippen molar-refractivity contribution in [3.8, 4) is 0 Å². The zero-order chi connectivity index (χ0) is 14.3. The standard InChI is InChI=1S/C15H21NO3/c1-12-5-4-6-13(9-12)7-8-15(18)16(2)10-14(17)11-19-3/h4-9,14,17H,10-11H2,1-3H3/b8-7+. The second-order valence-corrected chi connectivity index (χ2v) is 4.58. The second kappa shape index (κ2) is 7.71. The van der Waals surface area contributed by atoms with E-state index in [1.54, 1.807) is 13.1 Å². The van der Waals surface area contributed by atoms with Crippen molar-refractivity contribution in [2.75, 3.05) is 27.3 Å². The lowest BCUT2D eigenvalue weighted by Crippen LogP contribution is -2.35. The first-order valence-corrected chi connectivity index (χ1v) is 6.19. The van der Waals surface area contributed by atoms with E-state index in [-0.39, 0.29) is 19.1 Å². The lowest BCUT2D eigenvalue weighted by Gasteiger charge is -2.18. The van der Waals surface area contributed by atoms with Gasteiger partial charge in [0.1, 0.15) is 0 Å². The zero-order valence-corrected chi connectivity index (χ0v) is 11.7. The van der Waals surface area contributed by atoms with Crippen LogP contribution in [0.25, 0.3) is 6.08 Å². The van der Waals surface area contributed by atoms with Crippen LogP contribution in [0, 0.1) is 6.92 Å². The average molecular weight is 263 g/mol. The number of benzene rings is 1. The number of carbonyl (C=O) groups excluding carboxylic acids is 1. The Bertz CT molecular complexity index is 443. The molecule has 4 nitrogen and oxygen atoms in total. The highest BCUT2D eigenvalue weighted by Gasteiger charge is 2.10. The number of hydrogen-bond donors (Lipinski definition) is 1. The van der Waals surface area contributed by atoms with Gasteiger partial charge in [-0.25, -0.2) is 0 Å². The van der Waals surface area contributed by atoms with Crippen LogP contribution in [0.1, 0.15) is 11.1 Å². The van der Waals surface area contributed by atoms with Crippen LogP contribution in [-0.2, 0) is 9.53 Å². The summed E-state index contributed by atoms with van der Waals surface area (Å²) in [4.78, 5) is 13.3. The topological polar surface area (TPSA) is 49.8 Å². The van der Waals surface area contributed by atoms with Gasteiger partial charge in [-0.3, -0.25) is 4.79 Å². The Balaban J connectivity index is 2.54. The van der Waals surface area contributed by atoms with Crippen molar-refractivity contribution in [3.05, 3.63) is 41.5 Å². The number of hydrogen-bond acceptors (Lipinski definition) is 3. The maximum Gasteiger partial charge on any atom is 0.246 e. The molecule has 0 radical (unpaired) electrons. The van der Waals surface area contributed by atoms with Gasteiger partial charge in [0.2, 0.25) is 5.91 Å². The Morgan fingerprint density at radius 1 is 1.53 bits per heavy atom. The van der Waals surface area contributed by atoms with Crippen molar-refractivity contribution in [2.45, 2.75) is 13.0 Å². The first-order valence-electron chi connectivity index (χ1n) is 6.19. The molecule has 1 N–H and O–H groups in total. The van der Waals surface area contributed by atoms with Crippen molar-refractivity contribution in [1.29, 1.82) is 0 Å². The Morgan fingerprint density at radius 3 is 2.89 bits per heavy atom. The van der Waals surface area contributed by atoms with Crippen LogP contribution < -0.4 is 0 Å². The number of carbonyl (C=O) groups is 1. The van der Waals surface area contributed by atoms with E-state index in [1.165, 1.54) is 18.1 Å². The molecule has 0 fully saturated rings. The fourth-order valence-corrected chi connectivity index (χ4v) is 1.72. The molecule has 1 amide bonds. The lowest BCUT2D eigenvalue weighted by molar-refractivity contribution is -0.126. The minimum absolute atomic E-state index is 0.142. The predicted octanol–water partition coefficient (Wildman–Crippen LogP) is 1.47. The largest absolute Gasteiger partial charge is 0.389 e. The molecule has 0 saturated carbocycles. The van der Waals surface area contributed by atoms with Crippen LogP contribution in [0.5, 0.6) is 0 Å². The summed E-state index contributed by atoms with van der Waals surface area (Å²) in [5.74, 6) is -0.142. The molecule has 0 aromatic heterocycles. The molecule has 1 aromatic carbocycles. The number of amides is 1. The molecule has 0 bridgehead atoms. The molecule has 104 valence electrons. The van der Waals surface area contributed by atoms with Crippen LogP contribution in [0.2, 0.25) is 0 Å². The molecular weight excluding hydrogens is 242 g/mol. The van der Waals surface area contributed by atoms with Gasteiger partial charge in [0.25, 0.3) is 0 Å². The molecule has 0 aliphatic heterocycles. The molecule has 0 aliphatic rings. The summed E-state index contributed by atoms with van der Waals surface area (Å²) in [6, 6.07) is 7.90.